The Hall–Kier alpha value is -2.05. The topological polar surface area (TPSA) is 22.3 Å². The van der Waals surface area contributed by atoms with E-state index in [1.807, 2.05) is 12.3 Å². The second kappa shape index (κ2) is 21.5. The van der Waals surface area contributed by atoms with Gasteiger partial charge >= 0.3 is 0 Å². The van der Waals surface area contributed by atoms with Gasteiger partial charge in [0, 0.05) is 52.9 Å². The number of halogens is 1. The van der Waals surface area contributed by atoms with Crippen LogP contribution in [0.1, 0.15) is 94.6 Å². The summed E-state index contributed by atoms with van der Waals surface area (Å²) in [5.74, 6) is 4.16. The van der Waals surface area contributed by atoms with Crippen LogP contribution in [-0.2, 0) is 6.42 Å². The van der Waals surface area contributed by atoms with Gasteiger partial charge in [0.05, 0.1) is 6.04 Å². The highest BCUT2D eigenvalue weighted by Gasteiger charge is 2.33. The number of aromatic amines is 1. The third kappa shape index (κ3) is 13.8. The quantitative estimate of drug-likeness (QED) is 0.233. The first-order chi connectivity index (χ1) is 23.9. The number of rotatable bonds is 8. The van der Waals surface area contributed by atoms with Gasteiger partial charge in [-0.2, -0.15) is 0 Å². The molecule has 3 heterocycles. The smallest absolute Gasteiger partial charge is 0.0754 e. The Balaban J connectivity index is 0.000000219. The number of aryl methyl sites for hydroxylation is 2. The summed E-state index contributed by atoms with van der Waals surface area (Å²) >= 11 is 8.31. The van der Waals surface area contributed by atoms with Crippen molar-refractivity contribution in [2.45, 2.75) is 92.5 Å². The zero-order valence-corrected chi connectivity index (χ0v) is 35.3. The number of H-pyrrole nitrogens is 1. The molecule has 0 spiro atoms. The maximum absolute atomic E-state index is 6.23. The van der Waals surface area contributed by atoms with E-state index in [2.05, 4.69) is 148 Å². The van der Waals surface area contributed by atoms with Crippen LogP contribution in [0.5, 0.6) is 0 Å². The monoisotopic (exact) mass is 737 g/mol. The number of hydrogen-bond acceptors (Lipinski definition) is 3. The molecule has 3 aromatic rings. The standard InChI is InChI=1S/C21H23ClN2.C11H25NS2.C8H10.C4H10/c1-3-14-5-7-15(8-6-14)21-20-17(11-12-24(21)4-2)18-13-16(22)9-10-19(18)23-20;1-11-5-7-12(8-6-11)13-9-10-14(2,3)4;1-7-3-5-8(2)6-4-7;1-3-4-2/h4-7,9-10,13,15,21,23H,2-3,8,11-12H2,1H3;11H,5-10H2,1-4H3;3-6H,1-2H3;3-4H2,1-2H3. The first kappa shape index (κ1) is 42.4. The maximum atomic E-state index is 6.23. The average Bonchev–Trinajstić information content (AvgIpc) is 3.48. The highest BCUT2D eigenvalue weighted by Crippen LogP contribution is 2.42. The van der Waals surface area contributed by atoms with Gasteiger partial charge in [0.2, 0.25) is 0 Å². The zero-order valence-electron chi connectivity index (χ0n) is 32.9. The van der Waals surface area contributed by atoms with Crippen molar-refractivity contribution in [1.29, 1.82) is 0 Å². The molecule has 3 nitrogen and oxygen atoms in total. The molecule has 3 aliphatic rings. The van der Waals surface area contributed by atoms with Gasteiger partial charge in [0.25, 0.3) is 0 Å². The van der Waals surface area contributed by atoms with Crippen LogP contribution in [0.4, 0.5) is 0 Å². The van der Waals surface area contributed by atoms with Gasteiger partial charge in [-0.1, -0.05) is 130 Å². The van der Waals surface area contributed by atoms with Crippen molar-refractivity contribution in [3.05, 3.63) is 106 Å². The number of benzene rings is 2. The van der Waals surface area contributed by atoms with Gasteiger partial charge in [0.15, 0.2) is 0 Å². The average molecular weight is 739 g/mol. The second-order valence-corrected chi connectivity index (χ2v) is 21.3. The highest BCUT2D eigenvalue weighted by molar-refractivity contribution is 8.32. The van der Waals surface area contributed by atoms with Crippen molar-refractivity contribution in [1.82, 2.24) is 14.2 Å². The van der Waals surface area contributed by atoms with Crippen LogP contribution >= 0.6 is 33.6 Å². The van der Waals surface area contributed by atoms with Crippen molar-refractivity contribution in [2.24, 2.45) is 11.8 Å². The summed E-state index contributed by atoms with van der Waals surface area (Å²) in [6.45, 7) is 20.8. The largest absolute Gasteiger partial charge is 0.369 e. The molecule has 6 heteroatoms. The predicted molar refractivity (Wildman–Crippen MR) is 231 cm³/mol. The third-order valence-electron chi connectivity index (χ3n) is 9.86. The zero-order chi connectivity index (χ0) is 36.7. The summed E-state index contributed by atoms with van der Waals surface area (Å²) in [6, 6.07) is 15.0. The van der Waals surface area contributed by atoms with Crippen molar-refractivity contribution >= 4 is 44.5 Å². The van der Waals surface area contributed by atoms with Crippen LogP contribution < -0.4 is 0 Å². The molecular weight excluding hydrogens is 670 g/mol. The Kier molecular flexibility index (Phi) is 18.2. The van der Waals surface area contributed by atoms with E-state index in [0.29, 0.717) is 12.0 Å². The molecular formula is C44H68ClN3S2. The normalized spacial score (nSPS) is 19.6. The molecule has 0 amide bonds. The summed E-state index contributed by atoms with van der Waals surface area (Å²) in [5.41, 5.74) is 8.04. The lowest BCUT2D eigenvalue weighted by Crippen LogP contribution is -2.35. The first-order valence-corrected chi connectivity index (χ1v) is 23.4. The van der Waals surface area contributed by atoms with E-state index in [0.717, 1.165) is 36.7 Å². The van der Waals surface area contributed by atoms with Gasteiger partial charge < -0.3 is 9.88 Å². The first-order valence-electron chi connectivity index (χ1n) is 19.0. The minimum Gasteiger partial charge on any atom is -0.369 e. The third-order valence-corrected chi connectivity index (χ3v) is 12.9. The van der Waals surface area contributed by atoms with Gasteiger partial charge in [-0.3, -0.25) is 4.31 Å². The molecule has 1 fully saturated rings. The molecule has 2 unspecified atom stereocenters. The van der Waals surface area contributed by atoms with E-state index in [-0.39, 0.29) is 10.0 Å². The van der Waals surface area contributed by atoms with E-state index in [1.54, 1.807) is 0 Å². The Morgan fingerprint density at radius 1 is 0.960 bits per heavy atom. The lowest BCUT2D eigenvalue weighted by molar-refractivity contribution is 0.211. The van der Waals surface area contributed by atoms with Gasteiger partial charge in [0.1, 0.15) is 0 Å². The van der Waals surface area contributed by atoms with Crippen LogP contribution in [-0.4, -0.2) is 64.1 Å². The number of unbranched alkanes of at least 4 members (excludes halogenated alkanes) is 1. The summed E-state index contributed by atoms with van der Waals surface area (Å²) in [6.07, 6.45) is 25.0. The molecule has 0 bridgehead atoms. The summed E-state index contributed by atoms with van der Waals surface area (Å²) in [7, 11) is -0.283. The second-order valence-electron chi connectivity index (χ2n) is 15.1. The van der Waals surface area contributed by atoms with Crippen molar-refractivity contribution in [3.8, 4) is 0 Å². The van der Waals surface area contributed by atoms with E-state index in [1.165, 1.54) is 89.1 Å². The molecule has 6 rings (SSSR count). The van der Waals surface area contributed by atoms with E-state index in [4.69, 9.17) is 11.6 Å². The Morgan fingerprint density at radius 3 is 2.12 bits per heavy atom. The number of piperidine rings is 1. The Bertz CT molecular complexity index is 1470. The summed E-state index contributed by atoms with van der Waals surface area (Å²) in [4.78, 5) is 6.07. The number of hydrogen-bond donors (Lipinski definition) is 1. The minimum absolute atomic E-state index is 0.283. The lowest BCUT2D eigenvalue weighted by atomic mass is 9.83. The Morgan fingerprint density at radius 2 is 1.60 bits per heavy atom. The van der Waals surface area contributed by atoms with E-state index in [9.17, 15) is 0 Å². The number of aromatic nitrogens is 1. The summed E-state index contributed by atoms with van der Waals surface area (Å²) in [5, 5.41) is 2.08. The molecule has 1 saturated heterocycles. The van der Waals surface area contributed by atoms with Crippen LogP contribution in [0.3, 0.4) is 0 Å². The number of fused-ring (bicyclic) bond motifs is 3. The number of nitrogens with one attached hydrogen (secondary N) is 1. The van der Waals surface area contributed by atoms with Crippen molar-refractivity contribution in [3.63, 3.8) is 0 Å². The predicted octanol–water partition coefficient (Wildman–Crippen LogP) is 12.9. The molecule has 278 valence electrons. The van der Waals surface area contributed by atoms with Gasteiger partial charge in [-0.15, -0.1) is 0 Å². The highest BCUT2D eigenvalue weighted by atomic mass is 35.5. The van der Waals surface area contributed by atoms with Crippen molar-refractivity contribution < 1.29 is 0 Å². The molecule has 0 radical (unpaired) electrons. The minimum atomic E-state index is -0.283. The fourth-order valence-electron chi connectivity index (χ4n) is 6.32. The molecule has 1 aliphatic carbocycles. The van der Waals surface area contributed by atoms with Crippen LogP contribution in [0.25, 0.3) is 10.9 Å². The van der Waals surface area contributed by atoms with E-state index >= 15 is 0 Å². The molecule has 2 aromatic carbocycles. The SMILES string of the molecule is C=CN1CCc2c([nH]c3ccc(Cl)cc23)C1C1C=CC(CC)=CC1.CC1CCN(SCCS(C)(C)C)CC1.CCCC.Cc1ccc(C)cc1. The number of allylic oxidation sites excluding steroid dienone is 3. The van der Waals surface area contributed by atoms with Crippen molar-refractivity contribution in [2.75, 3.05) is 49.9 Å². The van der Waals surface area contributed by atoms with Crippen LogP contribution in [0, 0.1) is 25.7 Å². The van der Waals surface area contributed by atoms with Gasteiger partial charge in [-0.25, -0.2) is 10.0 Å². The van der Waals surface area contributed by atoms with Crippen LogP contribution in [0.15, 0.2) is 79.0 Å². The number of nitrogens with zero attached hydrogens (tertiary/aromatic N) is 2. The molecule has 0 saturated carbocycles. The Labute approximate surface area is 317 Å². The van der Waals surface area contributed by atoms with Crippen LogP contribution in [0.2, 0.25) is 5.02 Å². The van der Waals surface area contributed by atoms with Gasteiger partial charge in [-0.05, 0) is 106 Å². The fourth-order valence-corrected chi connectivity index (χ4v) is 9.52. The lowest BCUT2D eigenvalue weighted by Gasteiger charge is -2.39. The molecule has 50 heavy (non-hydrogen) atoms. The molecule has 2 atom stereocenters. The maximum Gasteiger partial charge on any atom is 0.0754 e. The molecule has 1 N–H and O–H groups in total. The molecule has 1 aromatic heterocycles. The molecule has 2 aliphatic heterocycles. The summed E-state index contributed by atoms with van der Waals surface area (Å²) < 4.78 is 2.57. The fraction of sp³-hybridized carbons (Fsp3) is 0.545. The van der Waals surface area contributed by atoms with E-state index < -0.39 is 0 Å².